The van der Waals surface area contributed by atoms with Gasteiger partial charge in [0, 0.05) is 20.2 Å². The van der Waals surface area contributed by atoms with Crippen molar-refractivity contribution in [3.8, 4) is 11.8 Å². The molecule has 0 fully saturated rings. The number of para-hydroxylation sites is 1. The van der Waals surface area contributed by atoms with Crippen LogP contribution in [0.1, 0.15) is 5.56 Å². The van der Waals surface area contributed by atoms with E-state index in [4.69, 9.17) is 0 Å². The maximum absolute atomic E-state index is 9.73. The lowest BCUT2D eigenvalue weighted by Gasteiger charge is -2.09. The van der Waals surface area contributed by atoms with Crippen LogP contribution in [0.5, 0.6) is 0 Å². The first kappa shape index (κ1) is 15.0. The van der Waals surface area contributed by atoms with Crippen molar-refractivity contribution in [1.29, 1.82) is 5.26 Å². The standard InChI is InChI=1S/C23H12N2S2/c24-13-14-7-1-4-10-17(14)25-20-15-8-2-5-11-18(15)26-22(20)23-21(25)16-9-3-6-12-19(16)27-23/h1-12H. The second-order valence-corrected chi connectivity index (χ2v) is 8.62. The Bertz CT molecular complexity index is 1450. The van der Waals surface area contributed by atoms with Crippen LogP contribution in [0, 0.1) is 11.3 Å². The first-order chi connectivity index (χ1) is 13.4. The van der Waals surface area contributed by atoms with Gasteiger partial charge in [-0.3, -0.25) is 0 Å². The highest BCUT2D eigenvalue weighted by atomic mass is 32.1. The molecule has 0 spiro atoms. The van der Waals surface area contributed by atoms with E-state index in [1.807, 2.05) is 40.9 Å². The molecule has 0 atom stereocenters. The molecule has 6 aromatic rings. The van der Waals surface area contributed by atoms with Gasteiger partial charge in [0.05, 0.1) is 31.7 Å². The largest absolute Gasteiger partial charge is 0.305 e. The molecule has 27 heavy (non-hydrogen) atoms. The fourth-order valence-electron chi connectivity index (χ4n) is 3.93. The van der Waals surface area contributed by atoms with Crippen LogP contribution in [0.15, 0.2) is 72.8 Å². The zero-order chi connectivity index (χ0) is 18.0. The van der Waals surface area contributed by atoms with Crippen LogP contribution < -0.4 is 0 Å². The van der Waals surface area contributed by atoms with Gasteiger partial charge < -0.3 is 4.57 Å². The van der Waals surface area contributed by atoms with Crippen LogP contribution in [0.4, 0.5) is 0 Å². The highest BCUT2D eigenvalue weighted by molar-refractivity contribution is 7.33. The fraction of sp³-hybridized carbons (Fsp3) is 0. The SMILES string of the molecule is N#Cc1ccccc1-n1c2c3ccccc3sc2c2sc3ccccc3c21. The highest BCUT2D eigenvalue weighted by Crippen LogP contribution is 2.48. The zero-order valence-corrected chi connectivity index (χ0v) is 15.8. The van der Waals surface area contributed by atoms with E-state index in [9.17, 15) is 5.26 Å². The average molecular weight is 380 g/mol. The van der Waals surface area contributed by atoms with E-state index >= 15 is 0 Å². The fourth-order valence-corrected chi connectivity index (χ4v) is 6.44. The number of nitrogens with zero attached hydrogens (tertiary/aromatic N) is 2. The van der Waals surface area contributed by atoms with Crippen LogP contribution in [-0.2, 0) is 0 Å². The van der Waals surface area contributed by atoms with Gasteiger partial charge in [0.25, 0.3) is 0 Å². The Labute approximate surface area is 163 Å². The van der Waals surface area contributed by atoms with Crippen molar-refractivity contribution in [3.63, 3.8) is 0 Å². The quantitative estimate of drug-likeness (QED) is 0.299. The summed E-state index contributed by atoms with van der Waals surface area (Å²) in [5, 5.41) is 12.2. The predicted octanol–water partition coefficient (Wildman–Crippen LogP) is 7.08. The predicted molar refractivity (Wildman–Crippen MR) is 116 cm³/mol. The topological polar surface area (TPSA) is 28.7 Å². The maximum Gasteiger partial charge on any atom is 0.101 e. The Morgan fingerprint density at radius 2 is 1.19 bits per heavy atom. The Morgan fingerprint density at radius 1 is 0.667 bits per heavy atom. The van der Waals surface area contributed by atoms with Gasteiger partial charge in [0.1, 0.15) is 6.07 Å². The number of fused-ring (bicyclic) bond motifs is 7. The Hall–Kier alpha value is -3.13. The van der Waals surface area contributed by atoms with E-state index in [-0.39, 0.29) is 0 Å². The summed E-state index contributed by atoms with van der Waals surface area (Å²) in [4.78, 5) is 0. The molecule has 0 radical (unpaired) electrons. The molecule has 3 heterocycles. The van der Waals surface area contributed by atoms with Gasteiger partial charge in [-0.2, -0.15) is 5.26 Å². The van der Waals surface area contributed by atoms with Gasteiger partial charge in [-0.05, 0) is 24.3 Å². The number of thiophene rings is 2. The van der Waals surface area contributed by atoms with Crippen LogP contribution >= 0.6 is 22.7 Å². The molecule has 0 unspecified atom stereocenters. The van der Waals surface area contributed by atoms with Gasteiger partial charge in [0.15, 0.2) is 0 Å². The minimum atomic E-state index is 0.696. The van der Waals surface area contributed by atoms with Crippen molar-refractivity contribution in [2.24, 2.45) is 0 Å². The summed E-state index contributed by atoms with van der Waals surface area (Å²) in [5.74, 6) is 0. The molecule has 3 aromatic heterocycles. The molecular formula is C23H12N2S2. The zero-order valence-electron chi connectivity index (χ0n) is 14.1. The average Bonchev–Trinajstić information content (AvgIpc) is 3.36. The number of hydrogen-bond donors (Lipinski definition) is 0. The molecule has 3 aromatic carbocycles. The monoisotopic (exact) mass is 380 g/mol. The number of rotatable bonds is 1. The molecule has 126 valence electrons. The van der Waals surface area contributed by atoms with Crippen LogP contribution in [0.2, 0.25) is 0 Å². The summed E-state index contributed by atoms with van der Waals surface area (Å²) in [6, 6.07) is 27.4. The lowest BCUT2D eigenvalue weighted by atomic mass is 10.1. The lowest BCUT2D eigenvalue weighted by molar-refractivity contribution is 1.18. The molecule has 0 aliphatic carbocycles. The molecule has 2 nitrogen and oxygen atoms in total. The molecule has 6 rings (SSSR count). The molecule has 0 bridgehead atoms. The summed E-state index contributed by atoms with van der Waals surface area (Å²) in [6.07, 6.45) is 0. The normalized spacial score (nSPS) is 11.7. The molecule has 0 N–H and O–H groups in total. The van der Waals surface area contributed by atoms with Crippen molar-refractivity contribution < 1.29 is 0 Å². The second kappa shape index (κ2) is 5.43. The highest BCUT2D eigenvalue weighted by Gasteiger charge is 2.22. The van der Waals surface area contributed by atoms with E-state index in [1.165, 1.54) is 40.6 Å². The molecule has 0 amide bonds. The second-order valence-electron chi connectivity index (χ2n) is 6.52. The summed E-state index contributed by atoms with van der Waals surface area (Å²) in [6.45, 7) is 0. The van der Waals surface area contributed by atoms with Crippen LogP contribution in [0.25, 0.3) is 46.3 Å². The maximum atomic E-state index is 9.73. The van der Waals surface area contributed by atoms with Gasteiger partial charge >= 0.3 is 0 Å². The number of nitriles is 1. The number of hydrogen-bond acceptors (Lipinski definition) is 3. The van der Waals surface area contributed by atoms with Crippen LogP contribution in [-0.4, -0.2) is 4.57 Å². The van der Waals surface area contributed by atoms with Crippen molar-refractivity contribution in [1.82, 2.24) is 4.57 Å². The van der Waals surface area contributed by atoms with Crippen molar-refractivity contribution in [2.45, 2.75) is 0 Å². The van der Waals surface area contributed by atoms with E-state index in [0.717, 1.165) is 5.69 Å². The van der Waals surface area contributed by atoms with Crippen LogP contribution in [0.3, 0.4) is 0 Å². The minimum absolute atomic E-state index is 0.696. The summed E-state index contributed by atoms with van der Waals surface area (Å²) in [7, 11) is 0. The van der Waals surface area contributed by atoms with Gasteiger partial charge in [0.2, 0.25) is 0 Å². The van der Waals surface area contributed by atoms with Crippen molar-refractivity contribution in [2.75, 3.05) is 0 Å². The number of benzene rings is 3. The van der Waals surface area contributed by atoms with E-state index in [2.05, 4.69) is 65.2 Å². The molecule has 0 aliphatic rings. The van der Waals surface area contributed by atoms with E-state index < -0.39 is 0 Å². The first-order valence-corrected chi connectivity index (χ1v) is 10.3. The third kappa shape index (κ3) is 1.93. The van der Waals surface area contributed by atoms with Gasteiger partial charge in [-0.25, -0.2) is 0 Å². The third-order valence-electron chi connectivity index (χ3n) is 5.06. The van der Waals surface area contributed by atoms with Crippen molar-refractivity contribution in [3.05, 3.63) is 78.4 Å². The molecule has 0 saturated heterocycles. The van der Waals surface area contributed by atoms with Gasteiger partial charge in [-0.15, -0.1) is 22.7 Å². The van der Waals surface area contributed by atoms with Crippen molar-refractivity contribution >= 4 is 63.3 Å². The summed E-state index contributed by atoms with van der Waals surface area (Å²) < 4.78 is 7.48. The Morgan fingerprint density at radius 3 is 1.78 bits per heavy atom. The molecule has 4 heteroatoms. The van der Waals surface area contributed by atoms with Gasteiger partial charge in [-0.1, -0.05) is 48.5 Å². The van der Waals surface area contributed by atoms with E-state index in [1.54, 1.807) is 0 Å². The Kier molecular flexibility index (Phi) is 3.01. The smallest absolute Gasteiger partial charge is 0.101 e. The third-order valence-corrected chi connectivity index (χ3v) is 7.54. The minimum Gasteiger partial charge on any atom is -0.305 e. The first-order valence-electron chi connectivity index (χ1n) is 8.69. The lowest BCUT2D eigenvalue weighted by Crippen LogP contribution is -1.96. The molecular weight excluding hydrogens is 368 g/mol. The Balaban J connectivity index is 1.95. The number of aromatic nitrogens is 1. The molecule has 0 saturated carbocycles. The summed E-state index contributed by atoms with van der Waals surface area (Å²) in [5.41, 5.74) is 4.07. The van der Waals surface area contributed by atoms with E-state index in [0.29, 0.717) is 5.56 Å². The molecule has 0 aliphatic heterocycles. The summed E-state index contributed by atoms with van der Waals surface area (Å²) >= 11 is 3.68.